The molecule has 104 valence electrons. The molecule has 1 aromatic carbocycles. The molecule has 2 atom stereocenters. The van der Waals surface area contributed by atoms with Gasteiger partial charge in [0.1, 0.15) is 0 Å². The standard InChI is InChI=1S/C14H20N2O3/c1-13(10-11-8-6-5-7-9-11)14(2,18)16(15(3)4)12(17)19-13/h5-9,18H,10H2,1-4H3/t13-,14+/m1/s1. The molecular formula is C14H20N2O3. The van der Waals surface area contributed by atoms with Gasteiger partial charge in [-0.15, -0.1) is 0 Å². The highest BCUT2D eigenvalue weighted by Gasteiger charge is 2.60. The van der Waals surface area contributed by atoms with Gasteiger partial charge in [0, 0.05) is 20.5 Å². The van der Waals surface area contributed by atoms with Crippen LogP contribution in [0.1, 0.15) is 19.4 Å². The number of aliphatic hydroxyl groups is 1. The van der Waals surface area contributed by atoms with Crippen molar-refractivity contribution < 1.29 is 14.6 Å². The molecule has 1 aliphatic rings. The van der Waals surface area contributed by atoms with Gasteiger partial charge in [0.15, 0.2) is 11.3 Å². The minimum Gasteiger partial charge on any atom is -0.437 e. The first kappa shape index (κ1) is 13.8. The predicted molar refractivity (Wildman–Crippen MR) is 71.2 cm³/mol. The summed E-state index contributed by atoms with van der Waals surface area (Å²) in [6, 6.07) is 9.68. The molecule has 19 heavy (non-hydrogen) atoms. The van der Waals surface area contributed by atoms with E-state index in [9.17, 15) is 9.90 Å². The van der Waals surface area contributed by atoms with E-state index in [4.69, 9.17) is 4.74 Å². The maximum Gasteiger partial charge on any atom is 0.427 e. The molecule has 5 heteroatoms. The third kappa shape index (κ3) is 2.19. The maximum atomic E-state index is 11.9. The van der Waals surface area contributed by atoms with Crippen molar-refractivity contribution in [2.24, 2.45) is 0 Å². The molecule has 1 aliphatic heterocycles. The number of hydrogen-bond acceptors (Lipinski definition) is 4. The molecule has 1 aromatic rings. The van der Waals surface area contributed by atoms with Crippen molar-refractivity contribution in [3.8, 4) is 0 Å². The summed E-state index contributed by atoms with van der Waals surface area (Å²) in [7, 11) is 3.40. The smallest absolute Gasteiger partial charge is 0.427 e. The second-order valence-electron chi connectivity index (χ2n) is 5.44. The summed E-state index contributed by atoms with van der Waals surface area (Å²) in [6.45, 7) is 3.35. The number of rotatable bonds is 3. The molecule has 0 unspecified atom stereocenters. The highest BCUT2D eigenvalue weighted by atomic mass is 16.6. The second kappa shape index (κ2) is 4.51. The Morgan fingerprint density at radius 3 is 2.32 bits per heavy atom. The van der Waals surface area contributed by atoms with E-state index in [0.717, 1.165) is 5.56 Å². The van der Waals surface area contributed by atoms with Gasteiger partial charge in [-0.25, -0.2) is 14.8 Å². The first-order valence-corrected chi connectivity index (χ1v) is 6.25. The number of nitrogens with zero attached hydrogens (tertiary/aromatic N) is 2. The first-order valence-electron chi connectivity index (χ1n) is 6.25. The Morgan fingerprint density at radius 2 is 1.84 bits per heavy atom. The van der Waals surface area contributed by atoms with Crippen molar-refractivity contribution in [2.45, 2.75) is 31.6 Å². The van der Waals surface area contributed by atoms with E-state index in [0.29, 0.717) is 6.42 Å². The predicted octanol–water partition coefficient (Wildman–Crippen LogP) is 1.63. The van der Waals surface area contributed by atoms with Crippen molar-refractivity contribution >= 4 is 6.09 Å². The molecule has 1 heterocycles. The van der Waals surface area contributed by atoms with Gasteiger partial charge in [-0.3, -0.25) is 0 Å². The lowest BCUT2D eigenvalue weighted by Crippen LogP contribution is -2.59. The molecule has 1 fully saturated rings. The molecule has 1 amide bonds. The average molecular weight is 264 g/mol. The lowest BCUT2D eigenvalue weighted by molar-refractivity contribution is -0.182. The van der Waals surface area contributed by atoms with Crippen LogP contribution in [-0.4, -0.2) is 46.6 Å². The summed E-state index contributed by atoms with van der Waals surface area (Å²) in [5.41, 5.74) is -1.38. The van der Waals surface area contributed by atoms with Crippen LogP contribution in [-0.2, 0) is 11.2 Å². The van der Waals surface area contributed by atoms with Crippen LogP contribution in [0.3, 0.4) is 0 Å². The Morgan fingerprint density at radius 1 is 1.26 bits per heavy atom. The molecule has 5 nitrogen and oxygen atoms in total. The van der Waals surface area contributed by atoms with Gasteiger partial charge in [0.25, 0.3) is 0 Å². The molecule has 1 N–H and O–H groups in total. The van der Waals surface area contributed by atoms with Crippen molar-refractivity contribution in [1.29, 1.82) is 0 Å². The number of carbonyl (C=O) groups excluding carboxylic acids is 1. The quantitative estimate of drug-likeness (QED) is 0.901. The third-order valence-electron chi connectivity index (χ3n) is 3.68. The fraction of sp³-hybridized carbons (Fsp3) is 0.500. The van der Waals surface area contributed by atoms with Crippen LogP contribution in [0.5, 0.6) is 0 Å². The van der Waals surface area contributed by atoms with Crippen LogP contribution in [0.4, 0.5) is 4.79 Å². The van der Waals surface area contributed by atoms with E-state index >= 15 is 0 Å². The zero-order chi connectivity index (χ0) is 14.3. The summed E-state index contributed by atoms with van der Waals surface area (Å²) < 4.78 is 5.44. The van der Waals surface area contributed by atoms with Gasteiger partial charge in [0.05, 0.1) is 0 Å². The zero-order valence-corrected chi connectivity index (χ0v) is 11.8. The average Bonchev–Trinajstić information content (AvgIpc) is 2.45. The Bertz CT molecular complexity index is 473. The SMILES string of the molecule is CN(C)N1C(=O)O[C@](C)(Cc2ccccc2)[C@]1(C)O. The van der Waals surface area contributed by atoms with Crippen LogP contribution in [0, 0.1) is 0 Å². The highest BCUT2D eigenvalue weighted by Crippen LogP contribution is 2.40. The number of amides is 1. The monoisotopic (exact) mass is 264 g/mol. The van der Waals surface area contributed by atoms with Crippen LogP contribution in [0.2, 0.25) is 0 Å². The molecule has 0 bridgehead atoms. The Balaban J connectivity index is 2.31. The van der Waals surface area contributed by atoms with Crippen molar-refractivity contribution in [1.82, 2.24) is 10.0 Å². The second-order valence-corrected chi connectivity index (χ2v) is 5.44. The number of hydrazine groups is 1. The summed E-state index contributed by atoms with van der Waals surface area (Å²) in [4.78, 5) is 11.9. The van der Waals surface area contributed by atoms with E-state index in [-0.39, 0.29) is 0 Å². The molecule has 0 saturated carbocycles. The van der Waals surface area contributed by atoms with Gasteiger partial charge >= 0.3 is 6.09 Å². The Labute approximate surface area is 113 Å². The lowest BCUT2D eigenvalue weighted by Gasteiger charge is -2.39. The van der Waals surface area contributed by atoms with Gasteiger partial charge in [0.2, 0.25) is 0 Å². The summed E-state index contributed by atoms with van der Waals surface area (Å²) >= 11 is 0. The summed E-state index contributed by atoms with van der Waals surface area (Å²) in [5.74, 6) is 0. The zero-order valence-electron chi connectivity index (χ0n) is 11.8. The Kier molecular flexibility index (Phi) is 3.28. The highest BCUT2D eigenvalue weighted by molar-refractivity contribution is 5.71. The maximum absolute atomic E-state index is 11.9. The normalized spacial score (nSPS) is 30.8. The molecule has 2 rings (SSSR count). The molecule has 0 radical (unpaired) electrons. The minimum absolute atomic E-state index is 0.455. The van der Waals surface area contributed by atoms with Gasteiger partial charge < -0.3 is 9.84 Å². The van der Waals surface area contributed by atoms with Gasteiger partial charge in [-0.05, 0) is 19.4 Å². The molecular weight excluding hydrogens is 244 g/mol. The van der Waals surface area contributed by atoms with Crippen LogP contribution >= 0.6 is 0 Å². The Hall–Kier alpha value is -1.59. The summed E-state index contributed by atoms with van der Waals surface area (Å²) in [5, 5.41) is 13.5. The van der Waals surface area contributed by atoms with Gasteiger partial charge in [-0.1, -0.05) is 30.3 Å². The fourth-order valence-corrected chi connectivity index (χ4v) is 2.48. The van der Waals surface area contributed by atoms with E-state index in [1.54, 1.807) is 33.0 Å². The van der Waals surface area contributed by atoms with Crippen molar-refractivity contribution in [2.75, 3.05) is 14.1 Å². The fourth-order valence-electron chi connectivity index (χ4n) is 2.48. The number of ether oxygens (including phenoxy) is 1. The van der Waals surface area contributed by atoms with E-state index in [1.165, 1.54) is 5.01 Å². The summed E-state index contributed by atoms with van der Waals surface area (Å²) in [6.07, 6.45) is -0.0786. The minimum atomic E-state index is -1.40. The first-order chi connectivity index (χ1) is 8.78. The number of cyclic esters (lactones) is 1. The van der Waals surface area contributed by atoms with Crippen LogP contribution in [0.25, 0.3) is 0 Å². The van der Waals surface area contributed by atoms with E-state index in [2.05, 4.69) is 0 Å². The third-order valence-corrected chi connectivity index (χ3v) is 3.68. The lowest BCUT2D eigenvalue weighted by atomic mass is 9.87. The van der Waals surface area contributed by atoms with E-state index in [1.807, 2.05) is 30.3 Å². The van der Waals surface area contributed by atoms with Crippen LogP contribution < -0.4 is 0 Å². The largest absolute Gasteiger partial charge is 0.437 e. The topological polar surface area (TPSA) is 53.0 Å². The molecule has 0 aromatic heterocycles. The molecule has 0 aliphatic carbocycles. The van der Waals surface area contributed by atoms with E-state index < -0.39 is 17.4 Å². The van der Waals surface area contributed by atoms with Crippen molar-refractivity contribution in [3.05, 3.63) is 35.9 Å². The number of carbonyl (C=O) groups is 1. The van der Waals surface area contributed by atoms with Crippen LogP contribution in [0.15, 0.2) is 30.3 Å². The molecule has 1 saturated heterocycles. The van der Waals surface area contributed by atoms with Crippen molar-refractivity contribution in [3.63, 3.8) is 0 Å². The number of benzene rings is 1. The van der Waals surface area contributed by atoms with Gasteiger partial charge in [-0.2, -0.15) is 0 Å². The molecule has 0 spiro atoms. The number of hydrogen-bond donors (Lipinski definition) is 1.